The smallest absolute Gasteiger partial charge is 0.221 e. The highest BCUT2D eigenvalue weighted by molar-refractivity contribution is 5.76. The molecule has 0 rings (SSSR count). The Hall–Kier alpha value is -0.610. The number of hydrogen-bond acceptors (Lipinski definition) is 3. The fourth-order valence-electron chi connectivity index (χ4n) is 1.59. The van der Waals surface area contributed by atoms with Gasteiger partial charge in [0.1, 0.15) is 0 Å². The number of carbonyl (C=O) groups is 1. The average molecular weight is 243 g/mol. The molecule has 0 fully saturated rings. The lowest BCUT2D eigenvalue weighted by atomic mass is 10.0. The lowest BCUT2D eigenvalue weighted by molar-refractivity contribution is -0.121. The molecule has 0 aliphatic carbocycles. The molecule has 102 valence electrons. The third kappa shape index (κ3) is 8.16. The molecule has 1 amide bonds. The topological polar surface area (TPSA) is 58.4 Å². The molecule has 0 bridgehead atoms. The minimum absolute atomic E-state index is 0.0298. The Morgan fingerprint density at radius 2 is 1.88 bits per heavy atom. The molecule has 0 aromatic heterocycles. The Balaban J connectivity index is 3.58. The number of hydrogen-bond donors (Lipinski definition) is 2. The molecule has 0 aromatic carbocycles. The van der Waals surface area contributed by atoms with Gasteiger partial charge >= 0.3 is 0 Å². The molecular weight excluding hydrogens is 214 g/mol. The van der Waals surface area contributed by atoms with Gasteiger partial charge in [0.25, 0.3) is 0 Å². The fourth-order valence-corrected chi connectivity index (χ4v) is 1.59. The van der Waals surface area contributed by atoms with Crippen LogP contribution < -0.4 is 11.1 Å². The predicted molar refractivity (Wildman–Crippen MR) is 72.8 cm³/mol. The first-order valence-electron chi connectivity index (χ1n) is 6.75. The van der Waals surface area contributed by atoms with Crippen molar-refractivity contribution in [2.45, 2.75) is 46.6 Å². The van der Waals surface area contributed by atoms with Gasteiger partial charge in [-0.15, -0.1) is 0 Å². The van der Waals surface area contributed by atoms with E-state index in [-0.39, 0.29) is 11.9 Å². The standard InChI is InChI=1S/C13H29N3O/c1-5-16(6-2)9-7-8-15-13(17)10-12(14)11(3)4/h11-12H,5-10,14H2,1-4H3,(H,15,17). The summed E-state index contributed by atoms with van der Waals surface area (Å²) in [7, 11) is 0. The van der Waals surface area contributed by atoms with Crippen molar-refractivity contribution in [1.82, 2.24) is 10.2 Å². The number of rotatable bonds is 9. The Bertz CT molecular complexity index is 203. The van der Waals surface area contributed by atoms with Crippen LogP contribution in [0.4, 0.5) is 0 Å². The number of amides is 1. The first kappa shape index (κ1) is 16.4. The lowest BCUT2D eigenvalue weighted by Crippen LogP contribution is -2.36. The monoisotopic (exact) mass is 243 g/mol. The van der Waals surface area contributed by atoms with Crippen LogP contribution in [0.15, 0.2) is 0 Å². The number of nitrogens with zero attached hydrogens (tertiary/aromatic N) is 1. The zero-order valence-corrected chi connectivity index (χ0v) is 11.8. The Labute approximate surface area is 106 Å². The molecule has 17 heavy (non-hydrogen) atoms. The number of nitrogens with one attached hydrogen (secondary N) is 1. The van der Waals surface area contributed by atoms with Crippen LogP contribution in [0.5, 0.6) is 0 Å². The first-order chi connectivity index (χ1) is 8.01. The minimum Gasteiger partial charge on any atom is -0.356 e. The summed E-state index contributed by atoms with van der Waals surface area (Å²) in [5.74, 6) is 0.433. The second-order valence-corrected chi connectivity index (χ2v) is 4.84. The molecule has 0 aromatic rings. The Morgan fingerprint density at radius 3 is 2.35 bits per heavy atom. The van der Waals surface area contributed by atoms with Crippen molar-refractivity contribution in [3.63, 3.8) is 0 Å². The van der Waals surface area contributed by atoms with Gasteiger partial charge in [-0.2, -0.15) is 0 Å². The fraction of sp³-hybridized carbons (Fsp3) is 0.923. The lowest BCUT2D eigenvalue weighted by Gasteiger charge is -2.18. The van der Waals surface area contributed by atoms with Crippen molar-refractivity contribution in [1.29, 1.82) is 0 Å². The van der Waals surface area contributed by atoms with E-state index in [0.717, 1.165) is 32.6 Å². The second kappa shape index (κ2) is 9.42. The van der Waals surface area contributed by atoms with Crippen LogP contribution in [0.2, 0.25) is 0 Å². The zero-order chi connectivity index (χ0) is 13.3. The van der Waals surface area contributed by atoms with Gasteiger partial charge in [-0.3, -0.25) is 4.79 Å². The van der Waals surface area contributed by atoms with Gasteiger partial charge in [-0.25, -0.2) is 0 Å². The normalized spacial score (nSPS) is 13.1. The van der Waals surface area contributed by atoms with Crippen LogP contribution in [0.25, 0.3) is 0 Å². The molecule has 0 saturated heterocycles. The quantitative estimate of drug-likeness (QED) is 0.598. The maximum absolute atomic E-state index is 11.5. The van der Waals surface area contributed by atoms with E-state index in [2.05, 4.69) is 24.1 Å². The zero-order valence-electron chi connectivity index (χ0n) is 11.8. The summed E-state index contributed by atoms with van der Waals surface area (Å²) < 4.78 is 0. The van der Waals surface area contributed by atoms with Crippen LogP contribution in [0.1, 0.15) is 40.5 Å². The molecule has 0 aliphatic rings. The van der Waals surface area contributed by atoms with E-state index < -0.39 is 0 Å². The van der Waals surface area contributed by atoms with Crippen LogP contribution in [0.3, 0.4) is 0 Å². The van der Waals surface area contributed by atoms with Gasteiger partial charge in [0, 0.05) is 19.0 Å². The van der Waals surface area contributed by atoms with E-state index in [1.54, 1.807) is 0 Å². The van der Waals surface area contributed by atoms with E-state index in [9.17, 15) is 4.79 Å². The van der Waals surface area contributed by atoms with Crippen LogP contribution in [-0.2, 0) is 4.79 Å². The number of carbonyl (C=O) groups excluding carboxylic acids is 1. The Morgan fingerprint density at radius 1 is 1.29 bits per heavy atom. The summed E-state index contributed by atoms with van der Waals surface area (Å²) in [6.07, 6.45) is 1.44. The van der Waals surface area contributed by atoms with Crippen molar-refractivity contribution >= 4 is 5.91 Å². The van der Waals surface area contributed by atoms with Gasteiger partial charge in [0.15, 0.2) is 0 Å². The molecule has 0 aliphatic heterocycles. The van der Waals surface area contributed by atoms with Crippen molar-refractivity contribution in [2.75, 3.05) is 26.2 Å². The van der Waals surface area contributed by atoms with Gasteiger partial charge in [-0.1, -0.05) is 27.7 Å². The van der Waals surface area contributed by atoms with E-state index in [1.807, 2.05) is 13.8 Å². The number of nitrogens with two attached hydrogens (primary N) is 1. The van der Waals surface area contributed by atoms with E-state index in [4.69, 9.17) is 5.73 Å². The van der Waals surface area contributed by atoms with Gasteiger partial charge < -0.3 is 16.0 Å². The van der Waals surface area contributed by atoms with Gasteiger partial charge in [-0.05, 0) is 32.0 Å². The molecule has 4 nitrogen and oxygen atoms in total. The molecule has 3 N–H and O–H groups in total. The summed E-state index contributed by atoms with van der Waals surface area (Å²) in [4.78, 5) is 13.9. The first-order valence-corrected chi connectivity index (χ1v) is 6.75. The SMILES string of the molecule is CCN(CC)CCCNC(=O)CC(N)C(C)C. The van der Waals surface area contributed by atoms with E-state index in [1.165, 1.54) is 0 Å². The molecular formula is C13H29N3O. The summed E-state index contributed by atoms with van der Waals surface area (Å²) in [6.45, 7) is 12.3. The molecule has 0 saturated carbocycles. The summed E-state index contributed by atoms with van der Waals surface area (Å²) >= 11 is 0. The van der Waals surface area contributed by atoms with E-state index >= 15 is 0 Å². The molecule has 0 radical (unpaired) electrons. The highest BCUT2D eigenvalue weighted by Crippen LogP contribution is 2.02. The van der Waals surface area contributed by atoms with E-state index in [0.29, 0.717) is 12.3 Å². The molecule has 0 spiro atoms. The molecule has 4 heteroatoms. The van der Waals surface area contributed by atoms with Crippen LogP contribution in [0, 0.1) is 5.92 Å². The highest BCUT2D eigenvalue weighted by Gasteiger charge is 2.12. The third-order valence-corrected chi connectivity index (χ3v) is 3.15. The van der Waals surface area contributed by atoms with Crippen molar-refractivity contribution < 1.29 is 4.79 Å². The third-order valence-electron chi connectivity index (χ3n) is 3.15. The maximum Gasteiger partial charge on any atom is 0.221 e. The molecule has 0 heterocycles. The minimum atomic E-state index is -0.0298. The van der Waals surface area contributed by atoms with Crippen molar-refractivity contribution in [3.8, 4) is 0 Å². The van der Waals surface area contributed by atoms with Gasteiger partial charge in [0.05, 0.1) is 0 Å². The maximum atomic E-state index is 11.5. The van der Waals surface area contributed by atoms with Crippen molar-refractivity contribution in [2.24, 2.45) is 11.7 Å². The van der Waals surface area contributed by atoms with Crippen molar-refractivity contribution in [3.05, 3.63) is 0 Å². The van der Waals surface area contributed by atoms with Gasteiger partial charge in [0.2, 0.25) is 5.91 Å². The van der Waals surface area contributed by atoms with Crippen LogP contribution in [-0.4, -0.2) is 43.0 Å². The summed E-state index contributed by atoms with van der Waals surface area (Å²) in [6, 6.07) is -0.0298. The predicted octanol–water partition coefficient (Wildman–Crippen LogP) is 1.21. The Kier molecular flexibility index (Phi) is 9.09. The summed E-state index contributed by atoms with van der Waals surface area (Å²) in [5, 5.41) is 2.93. The highest BCUT2D eigenvalue weighted by atomic mass is 16.1. The molecule has 1 atom stereocenters. The summed E-state index contributed by atoms with van der Waals surface area (Å²) in [5.41, 5.74) is 5.84. The van der Waals surface area contributed by atoms with Crippen LogP contribution >= 0.6 is 0 Å². The second-order valence-electron chi connectivity index (χ2n) is 4.84. The largest absolute Gasteiger partial charge is 0.356 e. The average Bonchev–Trinajstić information content (AvgIpc) is 2.29. The molecule has 1 unspecified atom stereocenters.